The predicted octanol–water partition coefficient (Wildman–Crippen LogP) is 12.9. The Hall–Kier alpha value is -8.93. The van der Waals surface area contributed by atoms with Gasteiger partial charge in [0.1, 0.15) is 42.8 Å². The third kappa shape index (κ3) is 20.0. The molecule has 0 radical (unpaired) electrons. The first-order chi connectivity index (χ1) is 43.6. The third-order valence-corrected chi connectivity index (χ3v) is 16.3. The van der Waals surface area contributed by atoms with Gasteiger partial charge in [-0.25, -0.2) is 0 Å². The van der Waals surface area contributed by atoms with Gasteiger partial charge in [-0.1, -0.05) is 169 Å². The van der Waals surface area contributed by atoms with Crippen LogP contribution in [0.3, 0.4) is 0 Å². The number of nitrogens with one attached hydrogen (secondary N) is 4. The summed E-state index contributed by atoms with van der Waals surface area (Å²) >= 11 is 0. The second-order valence-corrected chi connectivity index (χ2v) is 24.4. The van der Waals surface area contributed by atoms with Crippen molar-refractivity contribution in [2.24, 2.45) is 17.8 Å². The van der Waals surface area contributed by atoms with E-state index in [-0.39, 0.29) is 48.4 Å². The van der Waals surface area contributed by atoms with E-state index in [0.717, 1.165) is 77.7 Å². The van der Waals surface area contributed by atoms with Crippen molar-refractivity contribution in [1.82, 2.24) is 40.8 Å². The molecule has 7 aromatic rings. The summed E-state index contributed by atoms with van der Waals surface area (Å²) < 4.78 is 28.2. The molecule has 2 aliphatic rings. The number of carboxylic acid groups (broad SMARTS) is 1. The molecule has 2 saturated carbocycles. The number of benzene rings is 5. The van der Waals surface area contributed by atoms with Crippen LogP contribution in [-0.2, 0) is 40.7 Å². The summed E-state index contributed by atoms with van der Waals surface area (Å²) in [6.45, 7) is 9.60. The van der Waals surface area contributed by atoms with Gasteiger partial charge in [-0.3, -0.25) is 33.3 Å². The van der Waals surface area contributed by atoms with E-state index in [1.807, 2.05) is 157 Å². The quantitative estimate of drug-likeness (QED) is 0.0295. The molecule has 4 amide bonds. The zero-order valence-corrected chi connectivity index (χ0v) is 53.1. The molecule has 2 aliphatic carbocycles. The van der Waals surface area contributed by atoms with Crippen LogP contribution in [-0.4, -0.2) is 87.1 Å². The number of amides is 4. The van der Waals surface area contributed by atoms with E-state index in [1.165, 1.54) is 25.7 Å². The van der Waals surface area contributed by atoms with Gasteiger partial charge in [-0.2, -0.15) is 10.2 Å². The van der Waals surface area contributed by atoms with Gasteiger partial charge in [0.15, 0.2) is 11.4 Å². The van der Waals surface area contributed by atoms with E-state index >= 15 is 0 Å². The number of aromatic nitrogens is 4. The zero-order valence-electron chi connectivity index (χ0n) is 53.1. The van der Waals surface area contributed by atoms with E-state index in [1.54, 1.807) is 20.3 Å². The SMILES string of the molecule is COc1cccc(OCc2ccccc2)c1-c1cc(C(=O)N[C@H](CC(=O)NCC(=O)O)CC(C)C)nn1CC1CCCCC1.COc1cccc(OCc2ccccc2)c1-c1cc(C(=O)N[C@H](CC(=O)NCc2ccccc2)CC(C)C)nn1C1CCCCC1. The monoisotopic (exact) mass is 1230 g/mol. The van der Waals surface area contributed by atoms with Crippen LogP contribution >= 0.6 is 0 Å². The topological polar surface area (TPSA) is 226 Å². The lowest BCUT2D eigenvalue weighted by atomic mass is 9.89. The molecule has 2 heterocycles. The highest BCUT2D eigenvalue weighted by atomic mass is 16.5. The molecule has 0 saturated heterocycles. The second-order valence-electron chi connectivity index (χ2n) is 24.4. The van der Waals surface area contributed by atoms with Gasteiger partial charge in [-0.05, 0) is 109 Å². The van der Waals surface area contributed by atoms with Crippen LogP contribution in [0.25, 0.3) is 22.5 Å². The minimum absolute atomic E-state index is 0.0309. The number of rotatable bonds is 29. The highest BCUT2D eigenvalue weighted by molar-refractivity contribution is 5.95. The van der Waals surface area contributed by atoms with Crippen LogP contribution in [0.15, 0.2) is 140 Å². The summed E-state index contributed by atoms with van der Waals surface area (Å²) in [5.74, 6) is 1.14. The van der Waals surface area contributed by atoms with Crippen LogP contribution < -0.4 is 40.2 Å². The van der Waals surface area contributed by atoms with Crippen LogP contribution in [0.1, 0.15) is 161 Å². The van der Waals surface area contributed by atoms with Gasteiger partial charge in [0, 0.05) is 38.0 Å². The molecular formula is C72H90N8O10. The van der Waals surface area contributed by atoms with Gasteiger partial charge < -0.3 is 45.3 Å². The lowest BCUT2D eigenvalue weighted by Gasteiger charge is -2.25. The number of hydrogen-bond donors (Lipinski definition) is 5. The van der Waals surface area contributed by atoms with E-state index in [4.69, 9.17) is 34.3 Å². The molecule has 9 rings (SSSR count). The molecule has 18 nitrogen and oxygen atoms in total. The highest BCUT2D eigenvalue weighted by Crippen LogP contribution is 2.43. The second kappa shape index (κ2) is 34.2. The molecule has 0 bridgehead atoms. The molecule has 2 aromatic heterocycles. The maximum atomic E-state index is 13.8. The average Bonchev–Trinajstić information content (AvgIpc) is 1.71. The van der Waals surface area contributed by atoms with Crippen molar-refractivity contribution in [2.75, 3.05) is 20.8 Å². The molecule has 478 valence electrons. The number of nitrogens with zero attached hydrogens (tertiary/aromatic N) is 4. The Morgan fingerprint density at radius 1 is 0.533 bits per heavy atom. The number of ether oxygens (including phenoxy) is 4. The minimum atomic E-state index is -1.12. The van der Waals surface area contributed by atoms with Crippen LogP contribution in [0, 0.1) is 17.8 Å². The normalized spacial score (nSPS) is 14.1. The Morgan fingerprint density at radius 3 is 1.47 bits per heavy atom. The Kier molecular flexibility index (Phi) is 25.4. The van der Waals surface area contributed by atoms with Crippen molar-refractivity contribution < 1.29 is 48.0 Å². The molecule has 2 atom stereocenters. The van der Waals surface area contributed by atoms with E-state index < -0.39 is 30.4 Å². The first-order valence-corrected chi connectivity index (χ1v) is 31.9. The van der Waals surface area contributed by atoms with Crippen molar-refractivity contribution in [2.45, 2.75) is 162 Å². The van der Waals surface area contributed by atoms with E-state index in [2.05, 4.69) is 35.1 Å². The molecule has 5 N–H and O–H groups in total. The Balaban J connectivity index is 0.000000233. The smallest absolute Gasteiger partial charge is 0.322 e. The fraction of sp³-hybridized carbons (Fsp3) is 0.431. The maximum absolute atomic E-state index is 13.8. The van der Waals surface area contributed by atoms with Crippen molar-refractivity contribution in [3.05, 3.63) is 168 Å². The molecular weight excluding hydrogens is 1140 g/mol. The molecule has 5 aromatic carbocycles. The number of carbonyl (C=O) groups excluding carboxylic acids is 4. The average molecular weight is 1230 g/mol. The summed E-state index contributed by atoms with van der Waals surface area (Å²) in [6, 6.07) is 44.1. The van der Waals surface area contributed by atoms with Crippen LogP contribution in [0.4, 0.5) is 0 Å². The third-order valence-electron chi connectivity index (χ3n) is 16.3. The van der Waals surface area contributed by atoms with Gasteiger partial charge in [0.2, 0.25) is 11.8 Å². The Morgan fingerprint density at radius 2 is 0.978 bits per heavy atom. The summed E-state index contributed by atoms with van der Waals surface area (Å²) in [4.78, 5) is 63.7. The van der Waals surface area contributed by atoms with Gasteiger partial charge in [-0.15, -0.1) is 0 Å². The fourth-order valence-electron chi connectivity index (χ4n) is 12.0. The Labute approximate surface area is 529 Å². The van der Waals surface area contributed by atoms with Crippen molar-refractivity contribution in [1.29, 1.82) is 0 Å². The van der Waals surface area contributed by atoms with Crippen molar-refractivity contribution >= 4 is 29.6 Å². The molecule has 2 fully saturated rings. The summed E-state index contributed by atoms with van der Waals surface area (Å²) in [5.41, 5.74) is 6.68. The van der Waals surface area contributed by atoms with Gasteiger partial charge in [0.05, 0.1) is 42.8 Å². The van der Waals surface area contributed by atoms with E-state index in [0.29, 0.717) is 79.7 Å². The van der Waals surface area contributed by atoms with Crippen LogP contribution in [0.2, 0.25) is 0 Å². The van der Waals surface area contributed by atoms with Crippen molar-refractivity contribution in [3.8, 4) is 45.5 Å². The summed E-state index contributed by atoms with van der Waals surface area (Å²) in [5, 5.41) is 30.1. The first kappa shape index (κ1) is 67.0. The lowest BCUT2D eigenvalue weighted by Crippen LogP contribution is -2.41. The number of methoxy groups -OCH3 is 2. The molecule has 0 unspecified atom stereocenters. The number of carboxylic acids is 1. The molecule has 90 heavy (non-hydrogen) atoms. The number of aliphatic carboxylic acids is 1. The van der Waals surface area contributed by atoms with E-state index in [9.17, 15) is 24.0 Å². The fourth-order valence-corrected chi connectivity index (χ4v) is 12.0. The molecule has 0 spiro atoms. The maximum Gasteiger partial charge on any atom is 0.322 e. The standard InChI is InChI=1S/C38H46N4O4.C34H44N4O6/c1-27(2)22-30(23-36(43)39-25-28-14-7-4-8-15-28)40-38(44)32-24-33(42(41-32)31-18-11-6-12-19-31)37-34(45-3)20-13-21-35(37)46-26-29-16-9-5-10-17-29;1-23(2)17-26(18-31(39)35-20-32(40)41)36-34(42)27-19-28(38(37-27)21-24-11-6-4-7-12-24)33-29(43-3)15-10-16-30(33)44-22-25-13-8-5-9-14-25/h4-5,7-10,13-17,20-21,24,27,30-31H,6,11-12,18-19,22-23,25-26H2,1-3H3,(H,39,43)(H,40,44);5,8-10,13-16,19,23-24,26H,4,6-7,11-12,17-18,20-22H2,1-3H3,(H,35,39)(H,36,42)(H,40,41)/t30-;26-/m00/s1. The first-order valence-electron chi connectivity index (χ1n) is 31.9. The summed E-state index contributed by atoms with van der Waals surface area (Å²) in [7, 11) is 3.26. The number of hydrogen-bond acceptors (Lipinski definition) is 11. The predicted molar refractivity (Wildman–Crippen MR) is 348 cm³/mol. The van der Waals surface area contributed by atoms with Crippen molar-refractivity contribution in [3.63, 3.8) is 0 Å². The largest absolute Gasteiger partial charge is 0.496 e. The van der Waals surface area contributed by atoms with Gasteiger partial charge in [0.25, 0.3) is 11.8 Å². The molecule has 0 aliphatic heterocycles. The number of carbonyl (C=O) groups is 5. The molecule has 18 heteroatoms. The van der Waals surface area contributed by atoms with Gasteiger partial charge >= 0.3 is 5.97 Å². The minimum Gasteiger partial charge on any atom is -0.496 e. The van der Waals surface area contributed by atoms with Crippen LogP contribution in [0.5, 0.6) is 23.0 Å². The zero-order chi connectivity index (χ0) is 63.8. The highest BCUT2D eigenvalue weighted by Gasteiger charge is 2.30. The summed E-state index contributed by atoms with van der Waals surface area (Å²) in [6.07, 6.45) is 12.6. The Bertz CT molecular complexity index is 3410. The lowest BCUT2D eigenvalue weighted by molar-refractivity contribution is -0.138.